The van der Waals surface area contributed by atoms with E-state index < -0.39 is 28.2 Å². The molecule has 0 aliphatic carbocycles. The zero-order valence-electron chi connectivity index (χ0n) is 25.3. The van der Waals surface area contributed by atoms with E-state index in [9.17, 15) is 14.7 Å². The van der Waals surface area contributed by atoms with Gasteiger partial charge in [-0.1, -0.05) is 126 Å². The summed E-state index contributed by atoms with van der Waals surface area (Å²) in [5.74, 6) is -0.135. The first-order valence-electron chi connectivity index (χ1n) is 14.5. The molecule has 220 valence electrons. The molecule has 0 fully saturated rings. The van der Waals surface area contributed by atoms with Crippen LogP contribution in [0.3, 0.4) is 0 Å². The number of hydrogen-bond donors (Lipinski definition) is 3. The van der Waals surface area contributed by atoms with Crippen LogP contribution in [0.2, 0.25) is 0 Å². The van der Waals surface area contributed by atoms with Crippen LogP contribution in [-0.2, 0) is 14.3 Å². The molecule has 3 atom stereocenters. The lowest BCUT2D eigenvalue weighted by molar-refractivity contribution is -0.134. The summed E-state index contributed by atoms with van der Waals surface area (Å²) < 4.78 is -0.545. The van der Waals surface area contributed by atoms with Gasteiger partial charge in [0.25, 0.3) is 0 Å². The summed E-state index contributed by atoms with van der Waals surface area (Å²) in [7, 11) is 1.58. The Morgan fingerprint density at radius 3 is 1.56 bits per heavy atom. The third-order valence-electron chi connectivity index (χ3n) is 7.38. The minimum atomic E-state index is -0.724. The number of aliphatic hydroxyl groups excluding tert-OH is 1. The summed E-state index contributed by atoms with van der Waals surface area (Å²) >= 11 is 1.69. The summed E-state index contributed by atoms with van der Waals surface area (Å²) in [5.41, 5.74) is 2.94. The smallest absolute Gasteiger partial charge is 0.242 e. The van der Waals surface area contributed by atoms with Gasteiger partial charge in [0.05, 0.1) is 10.9 Å². The van der Waals surface area contributed by atoms with Crippen molar-refractivity contribution in [1.29, 1.82) is 0 Å². The number of aliphatic hydroxyl groups is 1. The van der Waals surface area contributed by atoms with Crippen LogP contribution < -0.4 is 10.6 Å². The zero-order valence-corrected chi connectivity index (χ0v) is 26.1. The van der Waals surface area contributed by atoms with Gasteiger partial charge in [0, 0.05) is 18.7 Å². The fraction of sp³-hybridized carbons (Fsp3) is 0.429. The molecular formula is C35H46N2O3S. The predicted octanol–water partition coefficient (Wildman–Crippen LogP) is 6.40. The molecule has 0 saturated heterocycles. The molecule has 0 saturated carbocycles. The van der Waals surface area contributed by atoms with Gasteiger partial charge >= 0.3 is 0 Å². The fourth-order valence-electron chi connectivity index (χ4n) is 5.35. The largest absolute Gasteiger partial charge is 0.392 e. The number of rotatable bonds is 13. The highest BCUT2D eigenvalue weighted by atomic mass is 32.2. The summed E-state index contributed by atoms with van der Waals surface area (Å²) in [6, 6.07) is 30.5. The van der Waals surface area contributed by atoms with Gasteiger partial charge in [-0.15, -0.1) is 11.8 Å². The van der Waals surface area contributed by atoms with Crippen molar-refractivity contribution < 1.29 is 14.7 Å². The maximum Gasteiger partial charge on any atom is 0.242 e. The van der Waals surface area contributed by atoms with Gasteiger partial charge in [-0.3, -0.25) is 9.59 Å². The van der Waals surface area contributed by atoms with Gasteiger partial charge in [0.15, 0.2) is 0 Å². The van der Waals surface area contributed by atoms with E-state index in [-0.39, 0.29) is 17.7 Å². The normalized spacial score (nSPS) is 14.2. The number of likely N-dealkylation sites (N-methyl/N-ethyl adjacent to an activating group) is 1. The first kappa shape index (κ1) is 32.4. The number of amides is 2. The lowest BCUT2D eigenvalue weighted by Crippen LogP contribution is -2.54. The Kier molecular flexibility index (Phi) is 11.6. The van der Waals surface area contributed by atoms with Crippen molar-refractivity contribution in [3.63, 3.8) is 0 Å². The highest BCUT2D eigenvalue weighted by Crippen LogP contribution is 2.48. The maximum atomic E-state index is 13.5. The molecule has 0 bridgehead atoms. The van der Waals surface area contributed by atoms with Gasteiger partial charge < -0.3 is 15.7 Å². The quantitative estimate of drug-likeness (QED) is 0.206. The van der Waals surface area contributed by atoms with Crippen LogP contribution in [-0.4, -0.2) is 41.9 Å². The Morgan fingerprint density at radius 1 is 0.756 bits per heavy atom. The van der Waals surface area contributed by atoms with Gasteiger partial charge in [0.1, 0.15) is 6.04 Å². The van der Waals surface area contributed by atoms with E-state index >= 15 is 0 Å². The first-order chi connectivity index (χ1) is 19.5. The Labute approximate surface area is 250 Å². The van der Waals surface area contributed by atoms with Crippen LogP contribution in [0.1, 0.15) is 64.2 Å². The van der Waals surface area contributed by atoms with E-state index in [4.69, 9.17) is 0 Å². The zero-order chi connectivity index (χ0) is 30.0. The Bertz CT molecular complexity index is 1130. The molecule has 3 aromatic rings. The average Bonchev–Trinajstić information content (AvgIpc) is 2.96. The van der Waals surface area contributed by atoms with Crippen molar-refractivity contribution in [2.24, 2.45) is 17.3 Å². The highest BCUT2D eigenvalue weighted by molar-refractivity contribution is 8.00. The van der Waals surface area contributed by atoms with Crippen LogP contribution in [0, 0.1) is 17.3 Å². The van der Waals surface area contributed by atoms with Crippen molar-refractivity contribution in [1.82, 2.24) is 10.6 Å². The van der Waals surface area contributed by atoms with E-state index in [1.54, 1.807) is 18.8 Å². The molecule has 3 aromatic carbocycles. The molecule has 2 amide bonds. The second kappa shape index (κ2) is 14.7. The SMILES string of the molecule is CNC(=O)[C@@H](NC(=O)[C@H](CC(C)C)C[C@H](O)CSC(c1ccccc1)(c1ccccc1)c1ccccc1)C(C)(C)C. The minimum Gasteiger partial charge on any atom is -0.392 e. The molecule has 0 radical (unpaired) electrons. The van der Waals surface area contributed by atoms with Crippen LogP contribution in [0.5, 0.6) is 0 Å². The number of hydrogen-bond acceptors (Lipinski definition) is 4. The summed E-state index contributed by atoms with van der Waals surface area (Å²) in [4.78, 5) is 26.1. The van der Waals surface area contributed by atoms with E-state index in [0.717, 1.165) is 16.7 Å². The molecule has 3 N–H and O–H groups in total. The molecular weight excluding hydrogens is 528 g/mol. The van der Waals surface area contributed by atoms with E-state index in [1.807, 2.05) is 75.4 Å². The first-order valence-corrected chi connectivity index (χ1v) is 15.5. The van der Waals surface area contributed by atoms with Crippen LogP contribution in [0.15, 0.2) is 91.0 Å². The minimum absolute atomic E-state index is 0.188. The summed E-state index contributed by atoms with van der Waals surface area (Å²) in [5, 5.41) is 17.1. The fourth-order valence-corrected chi connectivity index (χ4v) is 6.83. The molecule has 0 spiro atoms. The molecule has 0 heterocycles. The number of thioether (sulfide) groups is 1. The second-order valence-corrected chi connectivity index (χ2v) is 13.5. The summed E-state index contributed by atoms with van der Waals surface area (Å²) in [6.07, 6.45) is 0.216. The monoisotopic (exact) mass is 574 g/mol. The van der Waals surface area contributed by atoms with E-state index in [0.29, 0.717) is 18.6 Å². The van der Waals surface area contributed by atoms with Crippen LogP contribution in [0.4, 0.5) is 0 Å². The summed E-state index contributed by atoms with van der Waals surface area (Å²) in [6.45, 7) is 9.96. The van der Waals surface area contributed by atoms with Gasteiger partial charge in [0.2, 0.25) is 11.8 Å². The Hall–Kier alpha value is -3.09. The molecule has 3 rings (SSSR count). The molecule has 41 heavy (non-hydrogen) atoms. The average molecular weight is 575 g/mol. The predicted molar refractivity (Wildman–Crippen MR) is 171 cm³/mol. The van der Waals surface area contributed by atoms with E-state index in [2.05, 4.69) is 60.9 Å². The number of benzene rings is 3. The standard InChI is InChI=1S/C35H46N2O3S/c1-25(2)22-26(32(39)37-31(33(40)36-6)34(3,4)5)23-30(38)24-41-35(27-16-10-7-11-17-27,28-18-12-8-13-19-28)29-20-14-9-15-21-29/h7-21,25-26,30-31,38H,22-24H2,1-6H3,(H,36,40)(H,37,39)/t26-,30+,31-/m1/s1. The molecule has 0 aromatic heterocycles. The van der Waals surface area contributed by atoms with Gasteiger partial charge in [-0.2, -0.15) is 0 Å². The van der Waals surface area contributed by atoms with Crippen LogP contribution in [0.25, 0.3) is 0 Å². The molecule has 6 heteroatoms. The third kappa shape index (κ3) is 8.46. The molecule has 0 aliphatic rings. The molecule has 0 aliphatic heterocycles. The molecule has 5 nitrogen and oxygen atoms in total. The highest BCUT2D eigenvalue weighted by Gasteiger charge is 2.38. The van der Waals surface area contributed by atoms with Crippen molar-refractivity contribution in [3.8, 4) is 0 Å². The third-order valence-corrected chi connectivity index (χ3v) is 9.07. The number of nitrogens with one attached hydrogen (secondary N) is 2. The van der Waals surface area contributed by atoms with Crippen molar-refractivity contribution >= 4 is 23.6 Å². The van der Waals surface area contributed by atoms with Crippen molar-refractivity contribution in [2.75, 3.05) is 12.8 Å². The topological polar surface area (TPSA) is 78.4 Å². The van der Waals surface area contributed by atoms with E-state index in [1.165, 1.54) is 0 Å². The Balaban J connectivity index is 1.90. The molecule has 0 unspecified atom stereocenters. The van der Waals surface area contributed by atoms with Gasteiger partial charge in [-0.05, 0) is 40.9 Å². The number of carbonyl (C=O) groups excluding carboxylic acids is 2. The lowest BCUT2D eigenvalue weighted by atomic mass is 9.84. The van der Waals surface area contributed by atoms with Crippen molar-refractivity contribution in [3.05, 3.63) is 108 Å². The lowest BCUT2D eigenvalue weighted by Gasteiger charge is -2.36. The number of carbonyl (C=O) groups is 2. The van der Waals surface area contributed by atoms with Crippen molar-refractivity contribution in [2.45, 2.75) is 64.4 Å². The van der Waals surface area contributed by atoms with Crippen LogP contribution >= 0.6 is 11.8 Å². The van der Waals surface area contributed by atoms with Gasteiger partial charge in [-0.25, -0.2) is 0 Å². The Morgan fingerprint density at radius 2 is 1.20 bits per heavy atom. The maximum absolute atomic E-state index is 13.5. The second-order valence-electron chi connectivity index (χ2n) is 12.2.